The lowest BCUT2D eigenvalue weighted by atomic mass is 9.80. The molecular formula is C23H53N7. The summed E-state index contributed by atoms with van der Waals surface area (Å²) in [6.07, 6.45) is 0. The molecule has 6 N–H and O–H groups in total. The van der Waals surface area contributed by atoms with E-state index in [2.05, 4.69) is 78.3 Å². The smallest absolute Gasteiger partial charge is 0.0505 e. The lowest BCUT2D eigenvalue weighted by Crippen LogP contribution is -2.48. The molecule has 0 aliphatic carbocycles. The van der Waals surface area contributed by atoms with Crippen molar-refractivity contribution in [1.29, 1.82) is 0 Å². The Morgan fingerprint density at radius 3 is 1.80 bits per heavy atom. The predicted octanol–water partition coefficient (Wildman–Crippen LogP) is 0.913. The van der Waals surface area contributed by atoms with E-state index in [1.807, 2.05) is 7.05 Å². The fourth-order valence-electron chi connectivity index (χ4n) is 3.83. The van der Waals surface area contributed by atoms with Crippen LogP contribution in [0.15, 0.2) is 0 Å². The number of hydrogen-bond donors (Lipinski definition) is 6. The highest BCUT2D eigenvalue weighted by molar-refractivity contribution is 4.79. The molecule has 30 heavy (non-hydrogen) atoms. The molecule has 1 aliphatic rings. The third-order valence-corrected chi connectivity index (χ3v) is 6.03. The van der Waals surface area contributed by atoms with Gasteiger partial charge in [-0.15, -0.1) is 0 Å². The van der Waals surface area contributed by atoms with E-state index in [0.29, 0.717) is 29.1 Å². The highest BCUT2D eigenvalue weighted by Gasteiger charge is 2.24. The summed E-state index contributed by atoms with van der Waals surface area (Å²) in [5, 5.41) is 21.7. The van der Waals surface area contributed by atoms with Crippen molar-refractivity contribution in [2.24, 2.45) is 29.1 Å². The van der Waals surface area contributed by atoms with Crippen molar-refractivity contribution in [3.8, 4) is 0 Å². The van der Waals surface area contributed by atoms with E-state index in [-0.39, 0.29) is 0 Å². The molecule has 1 saturated heterocycles. The van der Waals surface area contributed by atoms with Crippen molar-refractivity contribution in [2.75, 3.05) is 79.4 Å². The molecule has 7 heteroatoms. The Bertz CT molecular complexity index is 391. The summed E-state index contributed by atoms with van der Waals surface area (Å²) < 4.78 is 0. The standard InChI is InChI=1S/C23H53N7/c1-19(8-24-7)11-27-16-30-17-28-12-20(2)9-25-14-22(23(4,5)6)15-26-10-21(3)13-29-18-30/h19-22,24-29H,8-18H2,1-7H3. The zero-order valence-corrected chi connectivity index (χ0v) is 21.0. The molecule has 3 atom stereocenters. The minimum Gasteiger partial charge on any atom is -0.319 e. The molecule has 1 rings (SSSR count). The fraction of sp³-hybridized carbons (Fsp3) is 1.00. The maximum absolute atomic E-state index is 3.73. The molecule has 7 nitrogen and oxygen atoms in total. The first kappa shape index (κ1) is 27.8. The molecule has 0 saturated carbocycles. The van der Waals surface area contributed by atoms with Crippen LogP contribution in [-0.4, -0.2) is 84.3 Å². The first-order valence-corrected chi connectivity index (χ1v) is 12.1. The van der Waals surface area contributed by atoms with Gasteiger partial charge in [0.25, 0.3) is 0 Å². The Labute approximate surface area is 187 Å². The van der Waals surface area contributed by atoms with Gasteiger partial charge < -0.3 is 31.9 Å². The molecule has 0 radical (unpaired) electrons. The lowest BCUT2D eigenvalue weighted by Gasteiger charge is -2.32. The highest BCUT2D eigenvalue weighted by atomic mass is 15.3. The summed E-state index contributed by atoms with van der Waals surface area (Å²) in [6, 6.07) is 0. The average molecular weight is 428 g/mol. The zero-order valence-electron chi connectivity index (χ0n) is 21.0. The van der Waals surface area contributed by atoms with E-state index < -0.39 is 0 Å². The van der Waals surface area contributed by atoms with E-state index in [0.717, 1.165) is 72.4 Å². The summed E-state index contributed by atoms with van der Waals surface area (Å²) in [7, 11) is 2.02. The van der Waals surface area contributed by atoms with Crippen molar-refractivity contribution < 1.29 is 0 Å². The quantitative estimate of drug-likeness (QED) is 0.376. The average Bonchev–Trinajstić information content (AvgIpc) is 2.65. The summed E-state index contributed by atoms with van der Waals surface area (Å²) in [4.78, 5) is 2.42. The van der Waals surface area contributed by atoms with Gasteiger partial charge in [0.05, 0.1) is 20.0 Å². The highest BCUT2D eigenvalue weighted by Crippen LogP contribution is 2.24. The molecule has 3 unspecified atom stereocenters. The fourth-order valence-corrected chi connectivity index (χ4v) is 3.83. The third-order valence-electron chi connectivity index (χ3n) is 6.03. The predicted molar refractivity (Wildman–Crippen MR) is 131 cm³/mol. The van der Waals surface area contributed by atoms with Crippen LogP contribution < -0.4 is 31.9 Å². The SMILES string of the molecule is CNCC(C)CNCN1CNCC(C)CNCC(C(C)(C)C)CNCC(C)CNC1. The largest absolute Gasteiger partial charge is 0.319 e. The van der Waals surface area contributed by atoms with Gasteiger partial charge in [0.2, 0.25) is 0 Å². The van der Waals surface area contributed by atoms with Crippen molar-refractivity contribution in [1.82, 2.24) is 36.8 Å². The Morgan fingerprint density at radius 2 is 1.33 bits per heavy atom. The Morgan fingerprint density at radius 1 is 0.833 bits per heavy atom. The molecule has 1 fully saturated rings. The second kappa shape index (κ2) is 15.5. The first-order chi connectivity index (χ1) is 14.2. The number of nitrogens with one attached hydrogen (secondary N) is 6. The lowest BCUT2D eigenvalue weighted by molar-refractivity contribution is 0.197. The molecule has 1 aliphatic heterocycles. The van der Waals surface area contributed by atoms with Crippen LogP contribution in [0.25, 0.3) is 0 Å². The van der Waals surface area contributed by atoms with Crippen molar-refractivity contribution in [2.45, 2.75) is 41.5 Å². The summed E-state index contributed by atoms with van der Waals surface area (Å²) in [5.74, 6) is 2.50. The van der Waals surface area contributed by atoms with E-state index >= 15 is 0 Å². The van der Waals surface area contributed by atoms with Crippen LogP contribution >= 0.6 is 0 Å². The van der Waals surface area contributed by atoms with Gasteiger partial charge in [0.1, 0.15) is 0 Å². The molecule has 1 heterocycles. The van der Waals surface area contributed by atoms with Gasteiger partial charge in [-0.2, -0.15) is 0 Å². The van der Waals surface area contributed by atoms with Crippen LogP contribution in [0.5, 0.6) is 0 Å². The van der Waals surface area contributed by atoms with E-state index in [1.54, 1.807) is 0 Å². The second-order valence-electron chi connectivity index (χ2n) is 10.8. The Kier molecular flexibility index (Phi) is 14.3. The molecular weight excluding hydrogens is 374 g/mol. The molecule has 0 spiro atoms. The maximum Gasteiger partial charge on any atom is 0.0505 e. The molecule has 0 bridgehead atoms. The number of hydrogen-bond acceptors (Lipinski definition) is 7. The summed E-state index contributed by atoms with van der Waals surface area (Å²) >= 11 is 0. The zero-order chi connectivity index (χ0) is 22.4. The van der Waals surface area contributed by atoms with Crippen LogP contribution in [0.4, 0.5) is 0 Å². The Balaban J connectivity index is 2.54. The van der Waals surface area contributed by atoms with Gasteiger partial charge in [-0.05, 0) is 68.9 Å². The van der Waals surface area contributed by atoms with Gasteiger partial charge >= 0.3 is 0 Å². The topological polar surface area (TPSA) is 75.4 Å². The first-order valence-electron chi connectivity index (χ1n) is 12.1. The Hall–Kier alpha value is -0.280. The number of rotatable bonds is 6. The molecule has 0 aromatic rings. The second-order valence-corrected chi connectivity index (χ2v) is 10.8. The molecule has 0 aromatic heterocycles. The van der Waals surface area contributed by atoms with E-state index in [9.17, 15) is 0 Å². The van der Waals surface area contributed by atoms with Crippen molar-refractivity contribution in [3.63, 3.8) is 0 Å². The summed E-state index contributed by atoms with van der Waals surface area (Å²) in [5.41, 5.74) is 0.312. The summed E-state index contributed by atoms with van der Waals surface area (Å²) in [6.45, 7) is 25.2. The van der Waals surface area contributed by atoms with Gasteiger partial charge in [0, 0.05) is 19.6 Å². The monoisotopic (exact) mass is 427 g/mol. The molecule has 0 amide bonds. The van der Waals surface area contributed by atoms with Crippen LogP contribution in [0, 0.1) is 29.1 Å². The van der Waals surface area contributed by atoms with Crippen molar-refractivity contribution >= 4 is 0 Å². The van der Waals surface area contributed by atoms with Gasteiger partial charge in [0.15, 0.2) is 0 Å². The van der Waals surface area contributed by atoms with Gasteiger partial charge in [-0.3, -0.25) is 4.90 Å². The van der Waals surface area contributed by atoms with Crippen LogP contribution in [0.1, 0.15) is 41.5 Å². The molecule has 180 valence electrons. The van der Waals surface area contributed by atoms with Gasteiger partial charge in [-0.1, -0.05) is 41.5 Å². The third kappa shape index (κ3) is 13.2. The maximum atomic E-state index is 3.73. The van der Waals surface area contributed by atoms with Crippen LogP contribution in [0.2, 0.25) is 0 Å². The minimum absolute atomic E-state index is 0.312. The van der Waals surface area contributed by atoms with Gasteiger partial charge in [-0.25, -0.2) is 0 Å². The van der Waals surface area contributed by atoms with Crippen LogP contribution in [-0.2, 0) is 0 Å². The van der Waals surface area contributed by atoms with Crippen molar-refractivity contribution in [3.05, 3.63) is 0 Å². The normalized spacial score (nSPS) is 28.3. The van der Waals surface area contributed by atoms with E-state index in [4.69, 9.17) is 0 Å². The molecule has 0 aromatic carbocycles. The number of nitrogens with zero attached hydrogens (tertiary/aromatic N) is 1. The van der Waals surface area contributed by atoms with Crippen LogP contribution in [0.3, 0.4) is 0 Å². The van der Waals surface area contributed by atoms with E-state index in [1.165, 1.54) is 0 Å². The minimum atomic E-state index is 0.312.